The Morgan fingerprint density at radius 1 is 1.67 bits per heavy atom. The molecule has 1 aromatic rings. The molecule has 6 heteroatoms. The van der Waals surface area contributed by atoms with E-state index in [1.807, 2.05) is 0 Å². The highest BCUT2D eigenvalue weighted by atomic mass is 16.5. The minimum atomic E-state index is -0.426. The van der Waals surface area contributed by atoms with Gasteiger partial charge in [0.05, 0.1) is 25.5 Å². The van der Waals surface area contributed by atoms with Crippen LogP contribution in [0.5, 0.6) is 0 Å². The Hall–Kier alpha value is -1.53. The molecule has 0 radical (unpaired) electrons. The predicted molar refractivity (Wildman–Crippen MR) is 52.2 cm³/mol. The Balaban J connectivity index is 2.55. The fraction of sp³-hybridized carbons (Fsp3) is 0.444. The number of hydrogen-bond donors (Lipinski definition) is 2. The Morgan fingerprint density at radius 2 is 2.47 bits per heavy atom. The Bertz CT molecular complexity index is 305. The Morgan fingerprint density at radius 3 is 3.00 bits per heavy atom. The first-order valence-corrected chi connectivity index (χ1v) is 4.44. The molecule has 2 N–H and O–H groups in total. The molecule has 0 spiro atoms. The SMILES string of the molecule is COCC(CO)NC(=O)c1cnccn1. The zero-order chi connectivity index (χ0) is 11.1. The summed E-state index contributed by atoms with van der Waals surface area (Å²) in [5.41, 5.74) is 0.215. The first kappa shape index (κ1) is 11.5. The van der Waals surface area contributed by atoms with Crippen LogP contribution in [0, 0.1) is 0 Å². The van der Waals surface area contributed by atoms with E-state index in [1.54, 1.807) is 0 Å². The summed E-state index contributed by atoms with van der Waals surface area (Å²) in [6, 6.07) is -0.426. The highest BCUT2D eigenvalue weighted by Gasteiger charge is 2.13. The molecule has 82 valence electrons. The van der Waals surface area contributed by atoms with Crippen molar-refractivity contribution in [3.8, 4) is 0 Å². The molecule has 0 aliphatic carbocycles. The largest absolute Gasteiger partial charge is 0.394 e. The minimum absolute atomic E-state index is 0.181. The Labute approximate surface area is 87.3 Å². The topological polar surface area (TPSA) is 84.3 Å². The van der Waals surface area contributed by atoms with E-state index < -0.39 is 6.04 Å². The van der Waals surface area contributed by atoms with Gasteiger partial charge in [-0.05, 0) is 0 Å². The molecule has 0 saturated carbocycles. The molecule has 1 aromatic heterocycles. The number of ether oxygens (including phenoxy) is 1. The number of aliphatic hydroxyl groups is 1. The quantitative estimate of drug-likeness (QED) is 0.667. The summed E-state index contributed by atoms with van der Waals surface area (Å²) in [6.45, 7) is 0.0718. The number of aromatic nitrogens is 2. The van der Waals surface area contributed by atoms with E-state index in [0.717, 1.165) is 0 Å². The smallest absolute Gasteiger partial charge is 0.271 e. The number of carbonyl (C=O) groups excluding carboxylic acids is 1. The third-order valence-corrected chi connectivity index (χ3v) is 1.72. The first-order chi connectivity index (χ1) is 7.27. The summed E-state index contributed by atoms with van der Waals surface area (Å²) in [4.78, 5) is 19.1. The number of methoxy groups -OCH3 is 1. The molecule has 0 bridgehead atoms. The lowest BCUT2D eigenvalue weighted by Crippen LogP contribution is -2.40. The summed E-state index contributed by atoms with van der Waals surface area (Å²) in [6.07, 6.45) is 4.27. The van der Waals surface area contributed by atoms with Gasteiger partial charge >= 0.3 is 0 Å². The number of aliphatic hydroxyl groups excluding tert-OH is 1. The van der Waals surface area contributed by atoms with Crippen molar-refractivity contribution in [1.82, 2.24) is 15.3 Å². The Kier molecular flexibility index (Phi) is 4.65. The molecule has 1 rings (SSSR count). The van der Waals surface area contributed by atoms with Crippen molar-refractivity contribution < 1.29 is 14.6 Å². The molecular formula is C9H13N3O3. The van der Waals surface area contributed by atoms with Crippen LogP contribution in [0.15, 0.2) is 18.6 Å². The van der Waals surface area contributed by atoms with Crippen molar-refractivity contribution in [1.29, 1.82) is 0 Å². The van der Waals surface area contributed by atoms with Gasteiger partial charge in [0.1, 0.15) is 5.69 Å². The van der Waals surface area contributed by atoms with E-state index in [4.69, 9.17) is 9.84 Å². The maximum absolute atomic E-state index is 11.5. The molecule has 0 aliphatic heterocycles. The predicted octanol–water partition coefficient (Wildman–Crippen LogP) is -0.786. The van der Waals surface area contributed by atoms with Crippen molar-refractivity contribution in [2.24, 2.45) is 0 Å². The highest BCUT2D eigenvalue weighted by molar-refractivity contribution is 5.92. The van der Waals surface area contributed by atoms with Crippen LogP contribution in [0.2, 0.25) is 0 Å². The summed E-state index contributed by atoms with van der Waals surface area (Å²) in [5.74, 6) is -0.376. The van der Waals surface area contributed by atoms with Crippen molar-refractivity contribution in [3.63, 3.8) is 0 Å². The molecule has 1 heterocycles. The highest BCUT2D eigenvalue weighted by Crippen LogP contribution is 1.92. The van der Waals surface area contributed by atoms with Crippen LogP contribution in [0.25, 0.3) is 0 Å². The molecule has 0 aromatic carbocycles. The molecule has 6 nitrogen and oxygen atoms in total. The summed E-state index contributed by atoms with van der Waals surface area (Å²) < 4.78 is 4.82. The third-order valence-electron chi connectivity index (χ3n) is 1.72. The lowest BCUT2D eigenvalue weighted by atomic mass is 10.3. The normalized spacial score (nSPS) is 12.1. The average molecular weight is 211 g/mol. The van der Waals surface area contributed by atoms with E-state index in [-0.39, 0.29) is 24.8 Å². The molecule has 1 atom stereocenters. The van der Waals surface area contributed by atoms with E-state index in [0.29, 0.717) is 0 Å². The zero-order valence-corrected chi connectivity index (χ0v) is 8.38. The van der Waals surface area contributed by atoms with E-state index in [2.05, 4.69) is 15.3 Å². The van der Waals surface area contributed by atoms with Gasteiger partial charge < -0.3 is 15.2 Å². The van der Waals surface area contributed by atoms with E-state index in [9.17, 15) is 4.79 Å². The third kappa shape index (κ3) is 3.61. The average Bonchev–Trinajstić information content (AvgIpc) is 2.29. The molecule has 1 unspecified atom stereocenters. The van der Waals surface area contributed by atoms with Gasteiger partial charge in [-0.15, -0.1) is 0 Å². The monoisotopic (exact) mass is 211 g/mol. The second-order valence-electron chi connectivity index (χ2n) is 2.90. The number of rotatable bonds is 5. The number of amides is 1. The number of nitrogens with zero attached hydrogens (tertiary/aromatic N) is 2. The number of hydrogen-bond acceptors (Lipinski definition) is 5. The molecule has 1 amide bonds. The van der Waals surface area contributed by atoms with Crippen LogP contribution in [0.4, 0.5) is 0 Å². The zero-order valence-electron chi connectivity index (χ0n) is 8.38. The van der Waals surface area contributed by atoms with Gasteiger partial charge in [-0.3, -0.25) is 9.78 Å². The van der Waals surface area contributed by atoms with Crippen LogP contribution in [0.3, 0.4) is 0 Å². The second-order valence-corrected chi connectivity index (χ2v) is 2.90. The fourth-order valence-corrected chi connectivity index (χ4v) is 1.02. The minimum Gasteiger partial charge on any atom is -0.394 e. The van der Waals surface area contributed by atoms with Gasteiger partial charge in [0.2, 0.25) is 0 Å². The molecular weight excluding hydrogens is 198 g/mol. The first-order valence-electron chi connectivity index (χ1n) is 4.44. The van der Waals surface area contributed by atoms with E-state index in [1.165, 1.54) is 25.7 Å². The van der Waals surface area contributed by atoms with Crippen LogP contribution < -0.4 is 5.32 Å². The maximum atomic E-state index is 11.5. The van der Waals surface area contributed by atoms with Crippen molar-refractivity contribution in [3.05, 3.63) is 24.3 Å². The second kappa shape index (κ2) is 6.05. The maximum Gasteiger partial charge on any atom is 0.271 e. The van der Waals surface area contributed by atoms with Crippen molar-refractivity contribution >= 4 is 5.91 Å². The lowest BCUT2D eigenvalue weighted by Gasteiger charge is -2.14. The standard InChI is InChI=1S/C9H13N3O3/c1-15-6-7(5-13)12-9(14)8-4-10-2-3-11-8/h2-4,7,13H,5-6H2,1H3,(H,12,14). The van der Waals surface area contributed by atoms with Gasteiger partial charge in [-0.1, -0.05) is 0 Å². The van der Waals surface area contributed by atoms with Crippen LogP contribution in [0.1, 0.15) is 10.5 Å². The van der Waals surface area contributed by atoms with Gasteiger partial charge in [0, 0.05) is 19.5 Å². The summed E-state index contributed by atoms with van der Waals surface area (Å²) in [7, 11) is 1.50. The molecule has 15 heavy (non-hydrogen) atoms. The van der Waals surface area contributed by atoms with E-state index >= 15 is 0 Å². The molecule has 0 aliphatic rings. The summed E-state index contributed by atoms with van der Waals surface area (Å²) in [5, 5.41) is 11.5. The van der Waals surface area contributed by atoms with Crippen molar-refractivity contribution in [2.75, 3.05) is 20.3 Å². The van der Waals surface area contributed by atoms with Crippen LogP contribution in [-0.2, 0) is 4.74 Å². The van der Waals surface area contributed by atoms with Gasteiger partial charge in [-0.2, -0.15) is 0 Å². The number of carbonyl (C=O) groups is 1. The van der Waals surface area contributed by atoms with Gasteiger partial charge in [0.15, 0.2) is 0 Å². The van der Waals surface area contributed by atoms with Crippen LogP contribution in [-0.4, -0.2) is 47.3 Å². The number of nitrogens with one attached hydrogen (secondary N) is 1. The lowest BCUT2D eigenvalue weighted by molar-refractivity contribution is 0.0834. The van der Waals surface area contributed by atoms with Crippen molar-refractivity contribution in [2.45, 2.75) is 6.04 Å². The van der Waals surface area contributed by atoms with Gasteiger partial charge in [-0.25, -0.2) is 4.98 Å². The van der Waals surface area contributed by atoms with Crippen LogP contribution >= 0.6 is 0 Å². The fourth-order valence-electron chi connectivity index (χ4n) is 1.02. The molecule has 0 saturated heterocycles. The summed E-state index contributed by atoms with van der Waals surface area (Å²) >= 11 is 0. The molecule has 0 fully saturated rings. The van der Waals surface area contributed by atoms with Gasteiger partial charge in [0.25, 0.3) is 5.91 Å².